The Bertz CT molecular complexity index is 640. The molecule has 0 aliphatic heterocycles. The summed E-state index contributed by atoms with van der Waals surface area (Å²) in [6.45, 7) is 4.59. The number of aromatic nitrogens is 3. The predicted octanol–water partition coefficient (Wildman–Crippen LogP) is 3.42. The van der Waals surface area contributed by atoms with Gasteiger partial charge in [-0.3, -0.25) is 9.67 Å². The third-order valence-corrected chi connectivity index (χ3v) is 2.93. The Morgan fingerprint density at radius 2 is 2.24 bits per heavy atom. The van der Waals surface area contributed by atoms with Gasteiger partial charge < -0.3 is 4.74 Å². The van der Waals surface area contributed by atoms with Crippen molar-refractivity contribution >= 4 is 11.6 Å². The smallest absolute Gasteiger partial charge is 0.139 e. The summed E-state index contributed by atoms with van der Waals surface area (Å²) in [5, 5.41) is 4.44. The third kappa shape index (κ3) is 4.80. The molecule has 0 fully saturated rings. The summed E-state index contributed by atoms with van der Waals surface area (Å²) in [7, 11) is 0. The first-order chi connectivity index (χ1) is 10.2. The molecule has 0 bridgehead atoms. The van der Waals surface area contributed by atoms with E-state index in [4.69, 9.17) is 16.3 Å². The van der Waals surface area contributed by atoms with Crippen LogP contribution in [0.4, 0.5) is 0 Å². The number of nitrogens with zero attached hydrogens (tertiary/aromatic N) is 3. The van der Waals surface area contributed by atoms with Crippen LogP contribution in [0.3, 0.4) is 0 Å². The van der Waals surface area contributed by atoms with Gasteiger partial charge >= 0.3 is 0 Å². The van der Waals surface area contributed by atoms with Crippen LogP contribution in [0.1, 0.15) is 37.6 Å². The van der Waals surface area contributed by atoms with Gasteiger partial charge in [0.15, 0.2) is 0 Å². The highest BCUT2D eigenvalue weighted by molar-refractivity contribution is 6.18. The number of rotatable bonds is 5. The lowest BCUT2D eigenvalue weighted by atomic mass is 10.2. The second-order valence-electron chi connectivity index (χ2n) is 4.82. The topological polar surface area (TPSA) is 39.9 Å². The maximum atomic E-state index is 5.70. The maximum absolute atomic E-state index is 5.70. The van der Waals surface area contributed by atoms with E-state index in [9.17, 15) is 0 Å². The molecule has 0 aliphatic carbocycles. The first kappa shape index (κ1) is 15.4. The molecule has 2 aromatic heterocycles. The quantitative estimate of drug-likeness (QED) is 0.627. The summed E-state index contributed by atoms with van der Waals surface area (Å²) < 4.78 is 7.61. The van der Waals surface area contributed by atoms with Crippen LogP contribution in [-0.4, -0.2) is 20.6 Å². The largest absolute Gasteiger partial charge is 0.486 e. The molecule has 110 valence electrons. The highest BCUT2D eigenvalue weighted by Gasteiger charge is 2.03. The van der Waals surface area contributed by atoms with Crippen molar-refractivity contribution in [2.75, 3.05) is 5.88 Å². The summed E-state index contributed by atoms with van der Waals surface area (Å²) >= 11 is 5.59. The summed E-state index contributed by atoms with van der Waals surface area (Å²) in [6, 6.07) is 4.17. The van der Waals surface area contributed by atoms with Gasteiger partial charge in [-0.1, -0.05) is 11.8 Å². The zero-order valence-electron chi connectivity index (χ0n) is 12.2. The molecule has 2 heterocycles. The van der Waals surface area contributed by atoms with Gasteiger partial charge in [0, 0.05) is 36.3 Å². The van der Waals surface area contributed by atoms with E-state index in [0.29, 0.717) is 30.7 Å². The van der Waals surface area contributed by atoms with Crippen LogP contribution in [0, 0.1) is 11.8 Å². The van der Waals surface area contributed by atoms with Crippen molar-refractivity contribution in [3.05, 3.63) is 42.0 Å². The lowest BCUT2D eigenvalue weighted by Gasteiger charge is -2.05. The van der Waals surface area contributed by atoms with E-state index in [-0.39, 0.29) is 0 Å². The van der Waals surface area contributed by atoms with Crippen LogP contribution < -0.4 is 4.74 Å². The van der Waals surface area contributed by atoms with Gasteiger partial charge in [0.05, 0.1) is 11.9 Å². The van der Waals surface area contributed by atoms with E-state index in [1.165, 1.54) is 0 Å². The number of hydrogen-bond donors (Lipinski definition) is 0. The molecule has 0 N–H and O–H groups in total. The first-order valence-corrected chi connectivity index (χ1v) is 7.39. The van der Waals surface area contributed by atoms with Crippen molar-refractivity contribution in [2.45, 2.75) is 32.9 Å². The monoisotopic (exact) mass is 303 g/mol. The molecule has 0 amide bonds. The van der Waals surface area contributed by atoms with Crippen LogP contribution in [0.2, 0.25) is 0 Å². The predicted molar refractivity (Wildman–Crippen MR) is 83.4 cm³/mol. The van der Waals surface area contributed by atoms with Gasteiger partial charge in [0.25, 0.3) is 0 Å². The van der Waals surface area contributed by atoms with Crippen LogP contribution in [-0.2, 0) is 6.61 Å². The SMILES string of the molecule is CC(C)n1ccc(COc2cncc(C#CCCCl)c2)n1. The molecule has 2 rings (SSSR count). The van der Waals surface area contributed by atoms with Gasteiger partial charge in [-0.05, 0) is 26.0 Å². The average molecular weight is 304 g/mol. The Labute approximate surface area is 130 Å². The van der Waals surface area contributed by atoms with Gasteiger partial charge in [-0.15, -0.1) is 11.6 Å². The van der Waals surface area contributed by atoms with Crippen LogP contribution in [0.15, 0.2) is 30.7 Å². The van der Waals surface area contributed by atoms with Gasteiger partial charge in [0.1, 0.15) is 12.4 Å². The van der Waals surface area contributed by atoms with E-state index in [2.05, 4.69) is 35.8 Å². The summed E-state index contributed by atoms with van der Waals surface area (Å²) in [5.41, 5.74) is 1.72. The number of ether oxygens (including phenoxy) is 1. The second-order valence-corrected chi connectivity index (χ2v) is 5.20. The fraction of sp³-hybridized carbons (Fsp3) is 0.375. The van der Waals surface area contributed by atoms with E-state index < -0.39 is 0 Å². The molecule has 0 aromatic carbocycles. The van der Waals surface area contributed by atoms with Gasteiger partial charge in [-0.25, -0.2) is 0 Å². The molecule has 0 radical (unpaired) electrons. The van der Waals surface area contributed by atoms with E-state index in [1.54, 1.807) is 12.4 Å². The Morgan fingerprint density at radius 3 is 2.95 bits per heavy atom. The van der Waals surface area contributed by atoms with E-state index in [1.807, 2.05) is 23.0 Å². The molecule has 0 saturated heterocycles. The highest BCUT2D eigenvalue weighted by Crippen LogP contribution is 2.13. The maximum Gasteiger partial charge on any atom is 0.139 e. The summed E-state index contributed by atoms with van der Waals surface area (Å²) in [4.78, 5) is 4.12. The van der Waals surface area contributed by atoms with Crippen molar-refractivity contribution < 1.29 is 4.74 Å². The number of pyridine rings is 1. The standard InChI is InChI=1S/C16H18ClN3O/c1-13(2)20-8-6-15(19-20)12-21-16-9-14(10-18-11-16)5-3-4-7-17/h6,8-11,13H,4,7,12H2,1-2H3. The minimum atomic E-state index is 0.348. The third-order valence-electron chi connectivity index (χ3n) is 2.74. The highest BCUT2D eigenvalue weighted by atomic mass is 35.5. The van der Waals surface area contributed by atoms with Gasteiger partial charge in [0.2, 0.25) is 0 Å². The summed E-state index contributed by atoms with van der Waals surface area (Å²) in [5.74, 6) is 7.21. The molecule has 4 nitrogen and oxygen atoms in total. The van der Waals surface area contributed by atoms with Crippen LogP contribution >= 0.6 is 11.6 Å². The lowest BCUT2D eigenvalue weighted by Crippen LogP contribution is -2.03. The number of hydrogen-bond acceptors (Lipinski definition) is 3. The molecule has 21 heavy (non-hydrogen) atoms. The molecular weight excluding hydrogens is 286 g/mol. The first-order valence-electron chi connectivity index (χ1n) is 6.85. The fourth-order valence-electron chi connectivity index (χ4n) is 1.68. The molecule has 5 heteroatoms. The second kappa shape index (κ2) is 7.70. The Kier molecular flexibility index (Phi) is 5.65. The van der Waals surface area contributed by atoms with Gasteiger partial charge in [-0.2, -0.15) is 5.10 Å². The zero-order chi connectivity index (χ0) is 15.1. The number of halogens is 1. The molecule has 0 spiro atoms. The number of alkyl halides is 1. The molecule has 0 atom stereocenters. The van der Waals surface area contributed by atoms with Crippen LogP contribution in [0.5, 0.6) is 5.75 Å². The molecule has 0 unspecified atom stereocenters. The Hall–Kier alpha value is -1.99. The Morgan fingerprint density at radius 1 is 1.38 bits per heavy atom. The normalized spacial score (nSPS) is 10.3. The summed E-state index contributed by atoms with van der Waals surface area (Å²) in [6.07, 6.45) is 6.00. The minimum absolute atomic E-state index is 0.348. The van der Waals surface area contributed by atoms with Crippen molar-refractivity contribution in [2.24, 2.45) is 0 Å². The van der Waals surface area contributed by atoms with E-state index >= 15 is 0 Å². The average Bonchev–Trinajstić information content (AvgIpc) is 2.95. The van der Waals surface area contributed by atoms with Crippen molar-refractivity contribution in [3.8, 4) is 17.6 Å². The zero-order valence-corrected chi connectivity index (χ0v) is 13.0. The molecular formula is C16H18ClN3O. The fourth-order valence-corrected chi connectivity index (χ4v) is 1.77. The lowest BCUT2D eigenvalue weighted by molar-refractivity contribution is 0.297. The molecule has 0 aliphatic rings. The van der Waals surface area contributed by atoms with Crippen molar-refractivity contribution in [1.82, 2.24) is 14.8 Å². The minimum Gasteiger partial charge on any atom is -0.486 e. The molecule has 2 aromatic rings. The van der Waals surface area contributed by atoms with Crippen LogP contribution in [0.25, 0.3) is 0 Å². The Balaban J connectivity index is 1.96. The van der Waals surface area contributed by atoms with Crippen molar-refractivity contribution in [3.63, 3.8) is 0 Å². The molecule has 0 saturated carbocycles. The van der Waals surface area contributed by atoms with Crippen molar-refractivity contribution in [1.29, 1.82) is 0 Å². The van der Waals surface area contributed by atoms with E-state index in [0.717, 1.165) is 11.3 Å².